The first kappa shape index (κ1) is 20.3. The summed E-state index contributed by atoms with van der Waals surface area (Å²) < 4.78 is 8.19. The molecule has 0 atom stereocenters. The Morgan fingerprint density at radius 2 is 1.05 bits per heavy atom. The van der Waals surface area contributed by atoms with Crippen LogP contribution < -0.4 is 0 Å². The third kappa shape index (κ3) is 4.38. The summed E-state index contributed by atoms with van der Waals surface area (Å²) in [5, 5.41) is 26.4. The summed E-state index contributed by atoms with van der Waals surface area (Å²) in [5.74, 6) is 0. The molecule has 0 amide bonds. The molecule has 0 saturated heterocycles. The molecular formula is C14H16N2O5V. The third-order valence-electron chi connectivity index (χ3n) is 3.06. The number of aromatic nitrogens is 2. The average molecular weight is 343 g/mol. The molecule has 3 rings (SSSR count). The van der Waals surface area contributed by atoms with Gasteiger partial charge in [0.15, 0.2) is 0 Å². The summed E-state index contributed by atoms with van der Waals surface area (Å²) in [6.07, 6.45) is 3.70. The minimum absolute atomic E-state index is 1.00. The molecule has 0 aliphatic carbocycles. The summed E-state index contributed by atoms with van der Waals surface area (Å²) >= 11 is 1.06. The van der Waals surface area contributed by atoms with Gasteiger partial charge in [0.1, 0.15) is 0 Å². The van der Waals surface area contributed by atoms with Crippen LogP contribution in [-0.4, -0.2) is 31.0 Å². The van der Waals surface area contributed by atoms with E-state index in [0.29, 0.717) is 0 Å². The SMILES string of the molecule is Cc1ccnc2c1ccc1c(C)ccnc12.OO.OO.[O]=[V]. The fraction of sp³-hybridized carbons (Fsp3) is 0.143. The van der Waals surface area contributed by atoms with Crippen molar-refractivity contribution in [1.82, 2.24) is 9.97 Å². The predicted molar refractivity (Wildman–Crippen MR) is 77.7 cm³/mol. The molecule has 0 saturated carbocycles. The molecule has 0 spiro atoms. The molecule has 2 aromatic heterocycles. The molecular weight excluding hydrogens is 327 g/mol. The van der Waals surface area contributed by atoms with E-state index in [2.05, 4.69) is 35.9 Å². The van der Waals surface area contributed by atoms with Gasteiger partial charge < -0.3 is 0 Å². The van der Waals surface area contributed by atoms with Crippen molar-refractivity contribution in [1.29, 1.82) is 0 Å². The van der Waals surface area contributed by atoms with Gasteiger partial charge in [-0.25, -0.2) is 0 Å². The minimum atomic E-state index is 1.00. The van der Waals surface area contributed by atoms with Gasteiger partial charge in [0.2, 0.25) is 0 Å². The van der Waals surface area contributed by atoms with Crippen molar-refractivity contribution < 1.29 is 42.1 Å². The molecule has 117 valence electrons. The zero-order valence-corrected chi connectivity index (χ0v) is 13.4. The van der Waals surface area contributed by atoms with Gasteiger partial charge in [-0.3, -0.25) is 31.0 Å². The predicted octanol–water partition coefficient (Wildman–Crippen LogP) is 3.31. The number of hydrogen-bond acceptors (Lipinski definition) is 7. The topological polar surface area (TPSA) is 124 Å². The number of aryl methyl sites for hydroxylation is 2. The van der Waals surface area contributed by atoms with Crippen molar-refractivity contribution in [3.63, 3.8) is 0 Å². The first-order chi connectivity index (χ1) is 10.8. The number of nitrogens with zero attached hydrogens (tertiary/aromatic N) is 2. The standard InChI is InChI=1S/C14H12N2.2H2O2.O.V/c1-9-5-7-15-13-11(9)3-4-12-10(2)6-8-16-14(12)13;2*1-2;;/h3-8H,1-2H3;2*1-2H;;. The number of hydrogen-bond donors (Lipinski definition) is 4. The van der Waals surface area contributed by atoms with Crippen LogP contribution in [0.25, 0.3) is 21.8 Å². The van der Waals surface area contributed by atoms with Gasteiger partial charge in [0.05, 0.1) is 11.0 Å². The van der Waals surface area contributed by atoms with Gasteiger partial charge in [-0.15, -0.1) is 0 Å². The van der Waals surface area contributed by atoms with Crippen molar-refractivity contribution in [2.75, 3.05) is 0 Å². The van der Waals surface area contributed by atoms with Crippen molar-refractivity contribution in [3.8, 4) is 0 Å². The van der Waals surface area contributed by atoms with E-state index in [1.807, 2.05) is 24.5 Å². The molecule has 0 fully saturated rings. The van der Waals surface area contributed by atoms with E-state index in [1.54, 1.807) is 0 Å². The number of fused-ring (bicyclic) bond motifs is 3. The first-order valence-electron chi connectivity index (χ1n) is 5.95. The quantitative estimate of drug-likeness (QED) is 0.280. The molecule has 4 N–H and O–H groups in total. The Bertz CT molecular complexity index is 663. The van der Waals surface area contributed by atoms with Gasteiger partial charge in [0.25, 0.3) is 0 Å². The zero-order chi connectivity index (χ0) is 17.1. The van der Waals surface area contributed by atoms with Gasteiger partial charge in [-0.05, 0) is 37.1 Å². The van der Waals surface area contributed by atoms with Crippen LogP contribution in [0, 0.1) is 13.8 Å². The van der Waals surface area contributed by atoms with E-state index in [0.717, 1.165) is 28.4 Å². The second-order valence-corrected chi connectivity index (χ2v) is 4.11. The maximum absolute atomic E-state index is 8.19. The Labute approximate surface area is 136 Å². The van der Waals surface area contributed by atoms with Crippen LogP contribution in [0.1, 0.15) is 11.1 Å². The second kappa shape index (κ2) is 10.9. The van der Waals surface area contributed by atoms with Gasteiger partial charge in [0, 0.05) is 23.2 Å². The van der Waals surface area contributed by atoms with Crippen molar-refractivity contribution in [2.24, 2.45) is 0 Å². The van der Waals surface area contributed by atoms with E-state index in [-0.39, 0.29) is 0 Å². The van der Waals surface area contributed by atoms with Crippen LogP contribution in [0.15, 0.2) is 36.7 Å². The van der Waals surface area contributed by atoms with Crippen molar-refractivity contribution in [2.45, 2.75) is 13.8 Å². The van der Waals surface area contributed by atoms with Crippen LogP contribution >= 0.6 is 0 Å². The molecule has 0 unspecified atom stereocenters. The van der Waals surface area contributed by atoms with Gasteiger partial charge >= 0.3 is 21.0 Å². The van der Waals surface area contributed by atoms with Gasteiger partial charge in [-0.2, -0.15) is 0 Å². The molecule has 0 bridgehead atoms. The van der Waals surface area contributed by atoms with E-state index in [9.17, 15) is 0 Å². The number of benzene rings is 1. The van der Waals surface area contributed by atoms with E-state index in [4.69, 9.17) is 24.7 Å². The summed E-state index contributed by atoms with van der Waals surface area (Å²) in [6, 6.07) is 8.33. The van der Waals surface area contributed by atoms with Crippen molar-refractivity contribution >= 4 is 21.8 Å². The first-order valence-corrected chi connectivity index (χ1v) is 6.52. The van der Waals surface area contributed by atoms with Crippen LogP contribution in [-0.2, 0) is 21.0 Å². The summed E-state index contributed by atoms with van der Waals surface area (Å²) in [6.45, 7) is 4.21. The number of rotatable bonds is 0. The van der Waals surface area contributed by atoms with E-state index >= 15 is 0 Å². The summed E-state index contributed by atoms with van der Waals surface area (Å²) in [4.78, 5) is 8.90. The van der Waals surface area contributed by atoms with Crippen molar-refractivity contribution in [3.05, 3.63) is 47.8 Å². The summed E-state index contributed by atoms with van der Waals surface area (Å²) in [5.41, 5.74) is 4.49. The average Bonchev–Trinajstić information content (AvgIpc) is 2.61. The Hall–Kier alpha value is -1.74. The molecule has 0 aliphatic heterocycles. The van der Waals surface area contributed by atoms with Crippen LogP contribution in [0.3, 0.4) is 0 Å². The summed E-state index contributed by atoms with van der Waals surface area (Å²) in [7, 11) is 0. The maximum atomic E-state index is 8.19. The molecule has 22 heavy (non-hydrogen) atoms. The Morgan fingerprint density at radius 3 is 1.36 bits per heavy atom. The second-order valence-electron chi connectivity index (χ2n) is 4.11. The molecule has 7 nitrogen and oxygen atoms in total. The van der Waals surface area contributed by atoms with Crippen LogP contribution in [0.5, 0.6) is 0 Å². The molecule has 2 heterocycles. The van der Waals surface area contributed by atoms with Gasteiger partial charge in [-0.1, -0.05) is 12.1 Å². The number of pyridine rings is 2. The molecule has 0 aliphatic rings. The third-order valence-corrected chi connectivity index (χ3v) is 3.06. The molecule has 0 radical (unpaired) electrons. The Kier molecular flexibility index (Phi) is 10.1. The molecule has 1 aromatic carbocycles. The fourth-order valence-electron chi connectivity index (χ4n) is 2.10. The van der Waals surface area contributed by atoms with E-state index < -0.39 is 0 Å². The molecule has 3 aromatic rings. The zero-order valence-electron chi connectivity index (χ0n) is 12.0. The normalized spacial score (nSPS) is 8.77. The molecule has 8 heteroatoms. The van der Waals surface area contributed by atoms with E-state index in [1.165, 1.54) is 21.9 Å². The van der Waals surface area contributed by atoms with Crippen LogP contribution in [0.2, 0.25) is 0 Å². The monoisotopic (exact) mass is 343 g/mol. The fourth-order valence-corrected chi connectivity index (χ4v) is 2.10. The Balaban J connectivity index is 0.000000661. The Morgan fingerprint density at radius 1 is 0.727 bits per heavy atom. The van der Waals surface area contributed by atoms with Crippen LogP contribution in [0.4, 0.5) is 0 Å².